The largest absolute Gasteiger partial charge is 0.381 e. The van der Waals surface area contributed by atoms with Gasteiger partial charge in [0.25, 0.3) is 5.91 Å². The van der Waals surface area contributed by atoms with Gasteiger partial charge in [-0.3, -0.25) is 9.36 Å². The van der Waals surface area contributed by atoms with E-state index in [0.717, 1.165) is 22.4 Å². The SMILES string of the molecule is C=CCNc1ccccc1C(=O)N1CC=C(n2c(=O)[nH]c3ccccc32)CC1. The van der Waals surface area contributed by atoms with Crippen LogP contribution >= 0.6 is 0 Å². The summed E-state index contributed by atoms with van der Waals surface area (Å²) < 4.78 is 1.71. The van der Waals surface area contributed by atoms with Gasteiger partial charge in [-0.2, -0.15) is 0 Å². The smallest absolute Gasteiger partial charge is 0.330 e. The zero-order chi connectivity index (χ0) is 19.5. The molecule has 0 saturated carbocycles. The number of anilines is 1. The van der Waals surface area contributed by atoms with Gasteiger partial charge in [-0.1, -0.05) is 30.3 Å². The van der Waals surface area contributed by atoms with Gasteiger partial charge >= 0.3 is 5.69 Å². The van der Waals surface area contributed by atoms with Gasteiger partial charge in [0.2, 0.25) is 0 Å². The number of nitrogens with one attached hydrogen (secondary N) is 2. The van der Waals surface area contributed by atoms with Gasteiger partial charge in [-0.15, -0.1) is 6.58 Å². The summed E-state index contributed by atoms with van der Waals surface area (Å²) in [6, 6.07) is 15.1. The third kappa shape index (κ3) is 3.24. The highest BCUT2D eigenvalue weighted by atomic mass is 16.2. The fraction of sp³-hybridized carbons (Fsp3) is 0.182. The van der Waals surface area contributed by atoms with Crippen LogP contribution < -0.4 is 11.0 Å². The van der Waals surface area contributed by atoms with Crippen molar-refractivity contribution in [2.24, 2.45) is 0 Å². The molecule has 0 fully saturated rings. The number of H-pyrrole nitrogens is 1. The number of aromatic amines is 1. The van der Waals surface area contributed by atoms with Gasteiger partial charge in [-0.05, 0) is 30.3 Å². The summed E-state index contributed by atoms with van der Waals surface area (Å²) >= 11 is 0. The molecule has 0 bridgehead atoms. The van der Waals surface area contributed by atoms with Gasteiger partial charge < -0.3 is 15.2 Å². The van der Waals surface area contributed by atoms with Crippen molar-refractivity contribution in [1.82, 2.24) is 14.5 Å². The molecule has 1 amide bonds. The second-order valence-corrected chi connectivity index (χ2v) is 6.69. The molecule has 3 aromatic rings. The zero-order valence-electron chi connectivity index (χ0n) is 15.5. The third-order valence-corrected chi connectivity index (χ3v) is 4.94. The Morgan fingerprint density at radius 1 is 1.18 bits per heavy atom. The number of para-hydroxylation sites is 3. The van der Waals surface area contributed by atoms with Crippen molar-refractivity contribution in [3.05, 3.63) is 83.3 Å². The van der Waals surface area contributed by atoms with E-state index in [0.29, 0.717) is 31.6 Å². The van der Waals surface area contributed by atoms with E-state index in [9.17, 15) is 9.59 Å². The Morgan fingerprint density at radius 3 is 2.75 bits per heavy atom. The first kappa shape index (κ1) is 17.9. The van der Waals surface area contributed by atoms with E-state index in [2.05, 4.69) is 16.9 Å². The lowest BCUT2D eigenvalue weighted by molar-refractivity contribution is 0.0773. The number of carbonyl (C=O) groups excluding carboxylic acids is 1. The van der Waals surface area contributed by atoms with Crippen LogP contribution in [0.3, 0.4) is 0 Å². The molecule has 6 heteroatoms. The first-order valence-electron chi connectivity index (χ1n) is 9.31. The van der Waals surface area contributed by atoms with Crippen molar-refractivity contribution in [1.29, 1.82) is 0 Å². The maximum absolute atomic E-state index is 13.0. The first-order valence-corrected chi connectivity index (χ1v) is 9.31. The number of amides is 1. The molecule has 1 aromatic heterocycles. The van der Waals surface area contributed by atoms with E-state index in [1.54, 1.807) is 15.5 Å². The zero-order valence-corrected chi connectivity index (χ0v) is 15.5. The number of aromatic nitrogens is 2. The Kier molecular flexibility index (Phi) is 4.85. The predicted molar refractivity (Wildman–Crippen MR) is 112 cm³/mol. The molecule has 2 heterocycles. The number of hydrogen-bond donors (Lipinski definition) is 2. The normalized spacial score (nSPS) is 14.0. The number of benzene rings is 2. The molecule has 28 heavy (non-hydrogen) atoms. The number of hydrogen-bond acceptors (Lipinski definition) is 3. The van der Waals surface area contributed by atoms with Crippen LogP contribution in [0.1, 0.15) is 16.8 Å². The number of nitrogens with zero attached hydrogens (tertiary/aromatic N) is 2. The van der Waals surface area contributed by atoms with Crippen LogP contribution in [0.25, 0.3) is 16.7 Å². The van der Waals surface area contributed by atoms with Crippen LogP contribution in [0, 0.1) is 0 Å². The molecule has 2 N–H and O–H groups in total. The van der Waals surface area contributed by atoms with E-state index in [4.69, 9.17) is 0 Å². The molecular formula is C22H22N4O2. The van der Waals surface area contributed by atoms with Gasteiger partial charge in [0, 0.05) is 37.4 Å². The molecule has 4 rings (SSSR count). The molecule has 6 nitrogen and oxygen atoms in total. The van der Waals surface area contributed by atoms with Gasteiger partial charge in [0.1, 0.15) is 0 Å². The summed E-state index contributed by atoms with van der Waals surface area (Å²) in [6.45, 7) is 5.33. The van der Waals surface area contributed by atoms with E-state index in [1.807, 2.05) is 54.6 Å². The lowest BCUT2D eigenvalue weighted by atomic mass is 10.1. The van der Waals surface area contributed by atoms with Crippen LogP contribution in [0.2, 0.25) is 0 Å². The highest BCUT2D eigenvalue weighted by Crippen LogP contribution is 2.23. The second kappa shape index (κ2) is 7.60. The predicted octanol–water partition coefficient (Wildman–Crippen LogP) is 3.31. The minimum atomic E-state index is -0.147. The summed E-state index contributed by atoms with van der Waals surface area (Å²) in [5.41, 5.74) is 3.89. The minimum absolute atomic E-state index is 0.0197. The van der Waals surface area contributed by atoms with Crippen LogP contribution in [-0.4, -0.2) is 40.0 Å². The monoisotopic (exact) mass is 374 g/mol. The molecule has 0 saturated heterocycles. The molecule has 1 aliphatic rings. The average molecular weight is 374 g/mol. The summed E-state index contributed by atoms with van der Waals surface area (Å²) in [4.78, 5) is 30.1. The molecule has 0 radical (unpaired) electrons. The quantitative estimate of drug-likeness (QED) is 0.673. The third-order valence-electron chi connectivity index (χ3n) is 4.94. The topological polar surface area (TPSA) is 70.1 Å². The summed E-state index contributed by atoms with van der Waals surface area (Å²) in [6.07, 6.45) is 4.34. The Balaban J connectivity index is 1.57. The highest BCUT2D eigenvalue weighted by molar-refractivity contribution is 6.00. The number of carbonyl (C=O) groups is 1. The van der Waals surface area contributed by atoms with Crippen molar-refractivity contribution >= 4 is 28.3 Å². The fourth-order valence-electron chi connectivity index (χ4n) is 3.56. The lowest BCUT2D eigenvalue weighted by Crippen LogP contribution is -2.36. The van der Waals surface area contributed by atoms with E-state index < -0.39 is 0 Å². The van der Waals surface area contributed by atoms with Crippen molar-refractivity contribution in [2.45, 2.75) is 6.42 Å². The van der Waals surface area contributed by atoms with E-state index in [-0.39, 0.29) is 11.6 Å². The van der Waals surface area contributed by atoms with E-state index >= 15 is 0 Å². The van der Waals surface area contributed by atoms with Crippen molar-refractivity contribution < 1.29 is 4.79 Å². The van der Waals surface area contributed by atoms with Crippen LogP contribution in [-0.2, 0) is 0 Å². The molecule has 0 atom stereocenters. The second-order valence-electron chi connectivity index (χ2n) is 6.69. The number of fused-ring (bicyclic) bond motifs is 1. The standard InChI is InChI=1S/C22H22N4O2/c1-2-13-23-18-8-4-3-7-17(18)21(27)25-14-11-16(12-15-25)26-20-10-6-5-9-19(20)24-22(26)28/h2-11,23H,1,12-15H2,(H,24,28). The summed E-state index contributed by atoms with van der Waals surface area (Å²) in [5.74, 6) is -0.0197. The van der Waals surface area contributed by atoms with Crippen molar-refractivity contribution in [2.75, 3.05) is 25.0 Å². The minimum Gasteiger partial charge on any atom is -0.381 e. The molecular weight excluding hydrogens is 352 g/mol. The number of rotatable bonds is 5. The highest BCUT2D eigenvalue weighted by Gasteiger charge is 2.22. The Hall–Kier alpha value is -3.54. The van der Waals surface area contributed by atoms with Crippen LogP contribution in [0.4, 0.5) is 5.69 Å². The molecule has 142 valence electrons. The molecule has 0 spiro atoms. The molecule has 0 unspecified atom stereocenters. The van der Waals surface area contributed by atoms with Crippen molar-refractivity contribution in [3.63, 3.8) is 0 Å². The maximum atomic E-state index is 13.0. The fourth-order valence-corrected chi connectivity index (χ4v) is 3.56. The van der Waals surface area contributed by atoms with Gasteiger partial charge in [0.15, 0.2) is 0 Å². The Bertz CT molecular complexity index is 1120. The van der Waals surface area contributed by atoms with Gasteiger partial charge in [0.05, 0.1) is 16.6 Å². The molecule has 2 aromatic carbocycles. The van der Waals surface area contributed by atoms with Gasteiger partial charge in [-0.25, -0.2) is 4.79 Å². The summed E-state index contributed by atoms with van der Waals surface area (Å²) in [5, 5.41) is 3.21. The maximum Gasteiger partial charge on any atom is 0.330 e. The molecule has 0 aliphatic carbocycles. The van der Waals surface area contributed by atoms with Crippen molar-refractivity contribution in [3.8, 4) is 0 Å². The Labute approximate surface area is 162 Å². The Morgan fingerprint density at radius 2 is 1.96 bits per heavy atom. The van der Waals surface area contributed by atoms with Crippen LogP contribution in [0.5, 0.6) is 0 Å². The van der Waals surface area contributed by atoms with Crippen LogP contribution in [0.15, 0.2) is 72.1 Å². The lowest BCUT2D eigenvalue weighted by Gasteiger charge is -2.27. The summed E-state index contributed by atoms with van der Waals surface area (Å²) in [7, 11) is 0. The number of imidazole rings is 1. The molecule has 1 aliphatic heterocycles. The van der Waals surface area contributed by atoms with E-state index in [1.165, 1.54) is 0 Å². The first-order chi connectivity index (χ1) is 13.7. The average Bonchev–Trinajstić information content (AvgIpc) is 3.07.